The second-order valence-corrected chi connectivity index (χ2v) is 4.38. The van der Waals surface area contributed by atoms with Crippen molar-refractivity contribution in [1.82, 2.24) is 4.57 Å². The van der Waals surface area contributed by atoms with Crippen LogP contribution in [0.3, 0.4) is 0 Å². The Hall–Kier alpha value is -1.58. The highest BCUT2D eigenvalue weighted by molar-refractivity contribution is 5.70. The van der Waals surface area contributed by atoms with Gasteiger partial charge >= 0.3 is 6.09 Å². The van der Waals surface area contributed by atoms with Crippen LogP contribution in [0.15, 0.2) is 23.3 Å². The third-order valence-electron chi connectivity index (χ3n) is 1.71. The molecule has 0 aliphatic carbocycles. The van der Waals surface area contributed by atoms with Gasteiger partial charge in [-0.25, -0.2) is 4.79 Å². The highest BCUT2D eigenvalue weighted by Crippen LogP contribution is 2.08. The van der Waals surface area contributed by atoms with E-state index in [2.05, 4.69) is 0 Å². The van der Waals surface area contributed by atoms with Gasteiger partial charge in [0.1, 0.15) is 5.60 Å². The van der Waals surface area contributed by atoms with E-state index in [1.54, 1.807) is 27.7 Å². The first-order valence-corrected chi connectivity index (χ1v) is 4.72. The van der Waals surface area contributed by atoms with Crippen LogP contribution in [0.25, 0.3) is 0 Å². The van der Waals surface area contributed by atoms with E-state index in [0.717, 1.165) is 0 Å². The molecule has 0 aliphatic heterocycles. The van der Waals surface area contributed by atoms with Crippen molar-refractivity contribution >= 4 is 6.09 Å². The van der Waals surface area contributed by atoms with Crippen molar-refractivity contribution in [2.75, 3.05) is 0 Å². The Bertz CT molecular complexity index is 426. The maximum atomic E-state index is 11.6. The van der Waals surface area contributed by atoms with Crippen LogP contribution < -0.4 is 5.43 Å². The van der Waals surface area contributed by atoms with Crippen LogP contribution in [0.5, 0.6) is 0 Å². The summed E-state index contributed by atoms with van der Waals surface area (Å²) in [7, 11) is 0. The molecule has 4 heteroatoms. The topological polar surface area (TPSA) is 48.3 Å². The summed E-state index contributed by atoms with van der Waals surface area (Å²) in [5, 5.41) is 0. The SMILES string of the molecule is Cc1cn(C(=O)OC(C)(C)C)ccc1=O. The average Bonchev–Trinajstić information content (AvgIpc) is 2.06. The van der Waals surface area contributed by atoms with Crippen LogP contribution in [-0.2, 0) is 4.74 Å². The van der Waals surface area contributed by atoms with Gasteiger partial charge in [-0.2, -0.15) is 0 Å². The van der Waals surface area contributed by atoms with Crippen molar-refractivity contribution in [3.63, 3.8) is 0 Å². The second-order valence-electron chi connectivity index (χ2n) is 4.38. The van der Waals surface area contributed by atoms with E-state index in [9.17, 15) is 9.59 Å². The highest BCUT2D eigenvalue weighted by Gasteiger charge is 2.17. The number of carbonyl (C=O) groups is 1. The van der Waals surface area contributed by atoms with Crippen molar-refractivity contribution in [3.05, 3.63) is 34.2 Å². The molecule has 4 nitrogen and oxygen atoms in total. The fraction of sp³-hybridized carbons (Fsp3) is 0.455. The lowest BCUT2D eigenvalue weighted by atomic mass is 10.2. The first-order valence-electron chi connectivity index (χ1n) is 4.72. The highest BCUT2D eigenvalue weighted by atomic mass is 16.6. The summed E-state index contributed by atoms with van der Waals surface area (Å²) in [6, 6.07) is 1.35. The van der Waals surface area contributed by atoms with Crippen LogP contribution in [0, 0.1) is 6.92 Å². The van der Waals surface area contributed by atoms with Crippen LogP contribution in [-0.4, -0.2) is 16.3 Å². The minimum absolute atomic E-state index is 0.0881. The maximum Gasteiger partial charge on any atom is 0.418 e. The van der Waals surface area contributed by atoms with Gasteiger partial charge in [0.25, 0.3) is 0 Å². The molecule has 82 valence electrons. The molecule has 0 atom stereocenters. The summed E-state index contributed by atoms with van der Waals surface area (Å²) in [6.45, 7) is 7.03. The normalized spacial score (nSPS) is 11.2. The molecule has 0 saturated carbocycles. The van der Waals surface area contributed by atoms with E-state index in [1.165, 1.54) is 23.0 Å². The quantitative estimate of drug-likeness (QED) is 0.656. The number of ether oxygens (including phenoxy) is 1. The number of carbonyl (C=O) groups excluding carboxylic acids is 1. The van der Waals surface area contributed by atoms with Gasteiger partial charge in [-0.1, -0.05) is 0 Å². The lowest BCUT2D eigenvalue weighted by Gasteiger charge is -2.20. The maximum absolute atomic E-state index is 11.6. The van der Waals surface area contributed by atoms with Gasteiger partial charge < -0.3 is 4.74 Å². The van der Waals surface area contributed by atoms with Crippen LogP contribution in [0.2, 0.25) is 0 Å². The number of rotatable bonds is 0. The fourth-order valence-electron chi connectivity index (χ4n) is 1.02. The molecular formula is C11H15NO3. The zero-order valence-corrected chi connectivity index (χ0v) is 9.40. The lowest BCUT2D eigenvalue weighted by Crippen LogP contribution is -2.27. The Morgan fingerprint density at radius 2 is 2.00 bits per heavy atom. The zero-order chi connectivity index (χ0) is 11.6. The van der Waals surface area contributed by atoms with Gasteiger partial charge in [0, 0.05) is 24.0 Å². The molecule has 15 heavy (non-hydrogen) atoms. The number of hydrogen-bond donors (Lipinski definition) is 0. The van der Waals surface area contributed by atoms with E-state index in [4.69, 9.17) is 4.74 Å². The molecule has 0 fully saturated rings. The van der Waals surface area contributed by atoms with E-state index < -0.39 is 11.7 Å². The minimum atomic E-state index is -0.534. The molecule has 1 aromatic rings. The number of nitrogens with zero attached hydrogens (tertiary/aromatic N) is 1. The van der Waals surface area contributed by atoms with Gasteiger partial charge in [0.05, 0.1) is 0 Å². The summed E-state index contributed by atoms with van der Waals surface area (Å²) < 4.78 is 6.41. The Morgan fingerprint density at radius 1 is 1.40 bits per heavy atom. The molecule has 1 heterocycles. The van der Waals surface area contributed by atoms with Crippen LogP contribution in [0.1, 0.15) is 26.3 Å². The van der Waals surface area contributed by atoms with Gasteiger partial charge in [0.15, 0.2) is 5.43 Å². The molecule has 1 rings (SSSR count). The molecule has 0 N–H and O–H groups in total. The number of aryl methyl sites for hydroxylation is 1. The van der Waals surface area contributed by atoms with E-state index in [-0.39, 0.29) is 5.43 Å². The van der Waals surface area contributed by atoms with Gasteiger partial charge in [-0.3, -0.25) is 9.36 Å². The van der Waals surface area contributed by atoms with Crippen molar-refractivity contribution in [3.8, 4) is 0 Å². The Morgan fingerprint density at radius 3 is 2.47 bits per heavy atom. The Labute approximate surface area is 88.5 Å². The predicted octanol–water partition coefficient (Wildman–Crippen LogP) is 1.94. The average molecular weight is 209 g/mol. The standard InChI is InChI=1S/C11H15NO3/c1-8-7-12(6-5-9(8)13)10(14)15-11(2,3)4/h5-7H,1-4H3. The molecule has 0 spiro atoms. The van der Waals surface area contributed by atoms with Crippen molar-refractivity contribution in [2.45, 2.75) is 33.3 Å². The van der Waals surface area contributed by atoms with Gasteiger partial charge in [-0.05, 0) is 27.7 Å². The van der Waals surface area contributed by atoms with Crippen molar-refractivity contribution in [1.29, 1.82) is 0 Å². The second kappa shape index (κ2) is 3.88. The third kappa shape index (κ3) is 3.23. The number of aromatic nitrogens is 1. The van der Waals surface area contributed by atoms with E-state index in [0.29, 0.717) is 5.56 Å². The monoisotopic (exact) mass is 209 g/mol. The molecule has 0 bridgehead atoms. The Balaban J connectivity index is 2.93. The van der Waals surface area contributed by atoms with Gasteiger partial charge in [-0.15, -0.1) is 0 Å². The summed E-state index contributed by atoms with van der Waals surface area (Å²) in [6.07, 6.45) is 2.39. The molecule has 0 radical (unpaired) electrons. The fourth-order valence-corrected chi connectivity index (χ4v) is 1.02. The molecule has 0 aromatic carbocycles. The number of hydrogen-bond acceptors (Lipinski definition) is 3. The van der Waals surface area contributed by atoms with Crippen LogP contribution in [0.4, 0.5) is 4.79 Å². The lowest BCUT2D eigenvalue weighted by molar-refractivity contribution is 0.0535. The summed E-state index contributed by atoms with van der Waals surface area (Å²) in [5.41, 5.74) is -0.105. The van der Waals surface area contributed by atoms with Crippen molar-refractivity contribution in [2.24, 2.45) is 0 Å². The summed E-state index contributed by atoms with van der Waals surface area (Å²) >= 11 is 0. The molecule has 0 saturated heterocycles. The molecule has 0 amide bonds. The Kier molecular flexibility index (Phi) is 2.98. The smallest absolute Gasteiger partial charge is 0.418 e. The van der Waals surface area contributed by atoms with Crippen molar-refractivity contribution < 1.29 is 9.53 Å². The largest absolute Gasteiger partial charge is 0.443 e. The van der Waals surface area contributed by atoms with E-state index >= 15 is 0 Å². The molecule has 0 unspecified atom stereocenters. The minimum Gasteiger partial charge on any atom is -0.443 e. The van der Waals surface area contributed by atoms with Crippen LogP contribution >= 0.6 is 0 Å². The van der Waals surface area contributed by atoms with E-state index in [1.807, 2.05) is 0 Å². The first kappa shape index (κ1) is 11.5. The summed E-state index contributed by atoms with van der Waals surface area (Å²) in [5.74, 6) is 0. The number of pyridine rings is 1. The van der Waals surface area contributed by atoms with Gasteiger partial charge in [0.2, 0.25) is 0 Å². The third-order valence-corrected chi connectivity index (χ3v) is 1.71. The molecule has 1 aromatic heterocycles. The summed E-state index contributed by atoms with van der Waals surface area (Å²) in [4.78, 5) is 22.7. The predicted molar refractivity (Wildman–Crippen MR) is 57.1 cm³/mol. The first-order chi connectivity index (χ1) is 6.79. The molecular weight excluding hydrogens is 194 g/mol. The zero-order valence-electron chi connectivity index (χ0n) is 9.40. The molecule has 0 aliphatic rings.